The number of nitrogens with zero attached hydrogens (tertiary/aromatic N) is 1. The van der Waals surface area contributed by atoms with Gasteiger partial charge in [-0.15, -0.1) is 0 Å². The zero-order valence-corrected chi connectivity index (χ0v) is 18.6. The standard InChI is InChI=1S/C23H24N2O5S/c1-16-5-9-18(10-6-16)24-23(26)17-7-11-19(12-8-17)25(2)31(27,28)20-13-14-21(29-3)22(15-20)30-4/h5-15H,1-4H3,(H,24,26). The molecule has 0 atom stereocenters. The summed E-state index contributed by atoms with van der Waals surface area (Å²) in [7, 11) is 0.537. The molecule has 8 heteroatoms. The minimum atomic E-state index is -3.84. The Hall–Kier alpha value is -3.52. The molecule has 0 radical (unpaired) electrons. The Balaban J connectivity index is 1.79. The largest absolute Gasteiger partial charge is 0.493 e. The molecule has 0 aliphatic carbocycles. The zero-order chi connectivity index (χ0) is 22.6. The van der Waals surface area contributed by atoms with Gasteiger partial charge in [-0.25, -0.2) is 8.42 Å². The van der Waals surface area contributed by atoms with E-state index in [1.54, 1.807) is 24.3 Å². The molecule has 0 fully saturated rings. The highest BCUT2D eigenvalue weighted by Gasteiger charge is 2.23. The number of ether oxygens (including phenoxy) is 2. The third-order valence-electron chi connectivity index (χ3n) is 4.82. The second kappa shape index (κ2) is 9.09. The van der Waals surface area contributed by atoms with E-state index < -0.39 is 10.0 Å². The first-order valence-corrected chi connectivity index (χ1v) is 10.9. The normalized spacial score (nSPS) is 11.0. The van der Waals surface area contributed by atoms with Crippen LogP contribution in [0.1, 0.15) is 15.9 Å². The quantitative estimate of drug-likeness (QED) is 0.598. The first kappa shape index (κ1) is 22.2. The van der Waals surface area contributed by atoms with Crippen LogP contribution in [0.25, 0.3) is 0 Å². The number of hydrogen-bond acceptors (Lipinski definition) is 5. The molecule has 3 rings (SSSR count). The molecule has 3 aromatic rings. The summed E-state index contributed by atoms with van der Waals surface area (Å²) in [5, 5.41) is 2.82. The monoisotopic (exact) mass is 440 g/mol. The molecule has 0 unspecified atom stereocenters. The van der Waals surface area contributed by atoms with Crippen LogP contribution in [0.2, 0.25) is 0 Å². The van der Waals surface area contributed by atoms with Gasteiger partial charge in [-0.2, -0.15) is 0 Å². The first-order valence-electron chi connectivity index (χ1n) is 9.45. The molecule has 162 valence electrons. The predicted molar refractivity (Wildman–Crippen MR) is 121 cm³/mol. The maximum atomic E-state index is 13.0. The van der Waals surface area contributed by atoms with Gasteiger partial charge in [-0.3, -0.25) is 9.10 Å². The number of rotatable bonds is 7. The average molecular weight is 441 g/mol. The van der Waals surface area contributed by atoms with Crippen LogP contribution >= 0.6 is 0 Å². The maximum absolute atomic E-state index is 13.0. The Labute approximate surface area is 182 Å². The van der Waals surface area contributed by atoms with Gasteiger partial charge in [-0.05, 0) is 55.5 Å². The molecule has 0 aromatic heterocycles. The minimum Gasteiger partial charge on any atom is -0.493 e. The van der Waals surface area contributed by atoms with Crippen molar-refractivity contribution >= 4 is 27.3 Å². The summed E-state index contributed by atoms with van der Waals surface area (Å²) < 4.78 is 37.6. The summed E-state index contributed by atoms with van der Waals surface area (Å²) in [5.41, 5.74) is 2.62. The van der Waals surface area contributed by atoms with E-state index in [4.69, 9.17) is 9.47 Å². The SMILES string of the molecule is COc1ccc(S(=O)(=O)N(C)c2ccc(C(=O)Nc3ccc(C)cc3)cc2)cc1OC. The van der Waals surface area contributed by atoms with Crippen molar-refractivity contribution in [1.29, 1.82) is 0 Å². The lowest BCUT2D eigenvalue weighted by atomic mass is 10.2. The number of methoxy groups -OCH3 is 2. The van der Waals surface area contributed by atoms with E-state index in [0.29, 0.717) is 28.4 Å². The van der Waals surface area contributed by atoms with Gasteiger partial charge < -0.3 is 14.8 Å². The van der Waals surface area contributed by atoms with Crippen molar-refractivity contribution < 1.29 is 22.7 Å². The van der Waals surface area contributed by atoms with Crippen LogP contribution in [0.4, 0.5) is 11.4 Å². The molecule has 3 aromatic carbocycles. The number of hydrogen-bond donors (Lipinski definition) is 1. The molecule has 0 heterocycles. The fraction of sp³-hybridized carbons (Fsp3) is 0.174. The highest BCUT2D eigenvalue weighted by molar-refractivity contribution is 7.92. The number of carbonyl (C=O) groups is 1. The van der Waals surface area contributed by atoms with Crippen LogP contribution in [0.15, 0.2) is 71.6 Å². The number of aryl methyl sites for hydroxylation is 1. The van der Waals surface area contributed by atoms with E-state index in [-0.39, 0.29) is 10.8 Å². The average Bonchev–Trinajstić information content (AvgIpc) is 2.79. The molecule has 0 bridgehead atoms. The summed E-state index contributed by atoms with van der Waals surface area (Å²) >= 11 is 0. The summed E-state index contributed by atoms with van der Waals surface area (Å²) in [4.78, 5) is 12.5. The van der Waals surface area contributed by atoms with E-state index in [1.165, 1.54) is 39.5 Å². The number of anilines is 2. The number of sulfonamides is 1. The van der Waals surface area contributed by atoms with Crippen LogP contribution in [-0.4, -0.2) is 35.6 Å². The lowest BCUT2D eigenvalue weighted by molar-refractivity contribution is 0.102. The van der Waals surface area contributed by atoms with Crippen molar-refractivity contribution in [2.24, 2.45) is 0 Å². The smallest absolute Gasteiger partial charge is 0.264 e. The summed E-state index contributed by atoms with van der Waals surface area (Å²) in [6, 6.07) is 18.2. The molecule has 0 aliphatic heterocycles. The molecule has 1 amide bonds. The molecule has 0 aliphatic rings. The fourth-order valence-electron chi connectivity index (χ4n) is 2.94. The van der Waals surface area contributed by atoms with E-state index in [9.17, 15) is 13.2 Å². The maximum Gasteiger partial charge on any atom is 0.264 e. The van der Waals surface area contributed by atoms with Gasteiger partial charge in [0.05, 0.1) is 24.8 Å². The second-order valence-electron chi connectivity index (χ2n) is 6.86. The van der Waals surface area contributed by atoms with Gasteiger partial charge in [0, 0.05) is 24.4 Å². The van der Waals surface area contributed by atoms with E-state index in [0.717, 1.165) is 9.87 Å². The van der Waals surface area contributed by atoms with Gasteiger partial charge in [0.15, 0.2) is 11.5 Å². The topological polar surface area (TPSA) is 84.9 Å². The Morgan fingerprint density at radius 2 is 1.48 bits per heavy atom. The van der Waals surface area contributed by atoms with Crippen molar-refractivity contribution in [2.45, 2.75) is 11.8 Å². The Morgan fingerprint density at radius 1 is 0.871 bits per heavy atom. The summed E-state index contributed by atoms with van der Waals surface area (Å²) in [6.45, 7) is 1.97. The Bertz CT molecular complexity index is 1170. The number of amides is 1. The molecule has 1 N–H and O–H groups in total. The van der Waals surface area contributed by atoms with Crippen molar-refractivity contribution in [3.05, 3.63) is 77.9 Å². The molecule has 7 nitrogen and oxygen atoms in total. The third-order valence-corrected chi connectivity index (χ3v) is 6.60. The van der Waals surface area contributed by atoms with Gasteiger partial charge in [-0.1, -0.05) is 17.7 Å². The first-order chi connectivity index (χ1) is 14.8. The number of benzene rings is 3. The van der Waals surface area contributed by atoms with Gasteiger partial charge in [0.1, 0.15) is 0 Å². The van der Waals surface area contributed by atoms with Gasteiger partial charge >= 0.3 is 0 Å². The highest BCUT2D eigenvalue weighted by atomic mass is 32.2. The summed E-state index contributed by atoms with van der Waals surface area (Å²) in [6.07, 6.45) is 0. The van der Waals surface area contributed by atoms with Crippen LogP contribution in [0.3, 0.4) is 0 Å². The van der Waals surface area contributed by atoms with Crippen molar-refractivity contribution in [2.75, 3.05) is 30.9 Å². The predicted octanol–water partition coefficient (Wildman–Crippen LogP) is 4.09. The molecular weight excluding hydrogens is 416 g/mol. The van der Waals surface area contributed by atoms with Crippen molar-refractivity contribution in [1.82, 2.24) is 0 Å². The lowest BCUT2D eigenvalue weighted by Crippen LogP contribution is -2.26. The Kier molecular flexibility index (Phi) is 6.50. The number of carbonyl (C=O) groups excluding carboxylic acids is 1. The van der Waals surface area contributed by atoms with E-state index >= 15 is 0 Å². The number of nitrogens with one attached hydrogen (secondary N) is 1. The molecule has 0 saturated carbocycles. The molecular formula is C23H24N2O5S. The van der Waals surface area contributed by atoms with Crippen molar-refractivity contribution in [3.63, 3.8) is 0 Å². The molecule has 0 spiro atoms. The Morgan fingerprint density at radius 3 is 2.06 bits per heavy atom. The van der Waals surface area contributed by atoms with Crippen molar-refractivity contribution in [3.8, 4) is 11.5 Å². The minimum absolute atomic E-state index is 0.0637. The fourth-order valence-corrected chi connectivity index (χ4v) is 4.15. The lowest BCUT2D eigenvalue weighted by Gasteiger charge is -2.20. The van der Waals surface area contributed by atoms with Crippen LogP contribution in [0, 0.1) is 6.92 Å². The third kappa shape index (κ3) is 4.80. The molecule has 0 saturated heterocycles. The zero-order valence-electron chi connectivity index (χ0n) is 17.7. The van der Waals surface area contributed by atoms with Gasteiger partial charge in [0.25, 0.3) is 15.9 Å². The molecule has 31 heavy (non-hydrogen) atoms. The van der Waals surface area contributed by atoms with Crippen LogP contribution < -0.4 is 19.1 Å². The van der Waals surface area contributed by atoms with E-state index in [1.807, 2.05) is 31.2 Å². The van der Waals surface area contributed by atoms with Crippen LogP contribution in [0.5, 0.6) is 11.5 Å². The highest BCUT2D eigenvalue weighted by Crippen LogP contribution is 2.31. The van der Waals surface area contributed by atoms with E-state index in [2.05, 4.69) is 5.32 Å². The van der Waals surface area contributed by atoms with Crippen LogP contribution in [-0.2, 0) is 10.0 Å². The van der Waals surface area contributed by atoms with Gasteiger partial charge in [0.2, 0.25) is 0 Å². The second-order valence-corrected chi connectivity index (χ2v) is 8.83. The summed E-state index contributed by atoms with van der Waals surface area (Å²) in [5.74, 6) is 0.481.